The van der Waals surface area contributed by atoms with Gasteiger partial charge >= 0.3 is 0 Å². The Balaban J connectivity index is 1.86. The monoisotopic (exact) mass is 457 g/mol. The Bertz CT molecular complexity index is 1260. The minimum atomic E-state index is -3.91. The highest BCUT2D eigenvalue weighted by Crippen LogP contribution is 2.46. The first-order valence-corrected chi connectivity index (χ1v) is 12.6. The van der Waals surface area contributed by atoms with Crippen molar-refractivity contribution in [1.82, 2.24) is 4.41 Å². The van der Waals surface area contributed by atoms with Crippen LogP contribution in [0, 0.1) is 18.3 Å². The average Bonchev–Trinajstić information content (AvgIpc) is 3.25. The van der Waals surface area contributed by atoms with Crippen LogP contribution in [-0.4, -0.2) is 18.5 Å². The molecule has 4 rings (SSSR count). The van der Waals surface area contributed by atoms with Crippen LogP contribution in [0.2, 0.25) is 0 Å². The van der Waals surface area contributed by atoms with Gasteiger partial charge in [-0.1, -0.05) is 78.4 Å². The van der Waals surface area contributed by atoms with E-state index in [1.165, 1.54) is 4.41 Å². The molecule has 1 heterocycles. The van der Waals surface area contributed by atoms with Crippen LogP contribution in [0.3, 0.4) is 0 Å². The van der Waals surface area contributed by atoms with Gasteiger partial charge < -0.3 is 0 Å². The number of hydrazone groups is 1. The molecule has 1 aliphatic rings. The largest absolute Gasteiger partial charge is 0.279 e. The van der Waals surface area contributed by atoms with Crippen molar-refractivity contribution in [2.24, 2.45) is 5.10 Å². The second-order valence-corrected chi connectivity index (χ2v) is 10.2. The molecule has 1 atom stereocenters. The van der Waals surface area contributed by atoms with E-state index in [1.54, 1.807) is 12.1 Å². The molecule has 6 heteroatoms. The smallest absolute Gasteiger partial charge is 0.200 e. The number of nitriles is 1. The molecule has 0 saturated heterocycles. The van der Waals surface area contributed by atoms with Crippen LogP contribution in [0.15, 0.2) is 94.9 Å². The molecule has 0 aromatic heterocycles. The van der Waals surface area contributed by atoms with Gasteiger partial charge in [-0.25, -0.2) is 0 Å². The first kappa shape index (κ1) is 22.8. The van der Waals surface area contributed by atoms with Gasteiger partial charge in [0, 0.05) is 12.8 Å². The van der Waals surface area contributed by atoms with Gasteiger partial charge in [-0.2, -0.15) is 23.2 Å². The number of nitrogens with zero attached hydrogens (tertiary/aromatic N) is 3. The highest BCUT2D eigenvalue weighted by molar-refractivity contribution is 7.89. The van der Waals surface area contributed by atoms with Crippen LogP contribution in [0.25, 0.3) is 0 Å². The van der Waals surface area contributed by atoms with E-state index in [9.17, 15) is 8.42 Å². The molecule has 1 aliphatic heterocycles. The van der Waals surface area contributed by atoms with Crippen molar-refractivity contribution in [3.8, 4) is 6.07 Å². The molecule has 0 amide bonds. The summed E-state index contributed by atoms with van der Waals surface area (Å²) in [6.45, 7) is 1.93. The van der Waals surface area contributed by atoms with Gasteiger partial charge in [0.25, 0.3) is 10.0 Å². The molecule has 0 radical (unpaired) electrons. The summed E-state index contributed by atoms with van der Waals surface area (Å²) in [6.07, 6.45) is 2.93. The summed E-state index contributed by atoms with van der Waals surface area (Å²) >= 11 is 0. The molecular formula is C27H27N3O2S. The molecule has 0 fully saturated rings. The van der Waals surface area contributed by atoms with E-state index in [2.05, 4.69) is 6.07 Å². The second kappa shape index (κ2) is 9.60. The molecular weight excluding hydrogens is 430 g/mol. The molecule has 1 unspecified atom stereocenters. The van der Waals surface area contributed by atoms with E-state index in [-0.39, 0.29) is 4.90 Å². The average molecular weight is 458 g/mol. The normalized spacial score (nSPS) is 18.1. The van der Waals surface area contributed by atoms with Crippen LogP contribution in [-0.2, 0) is 15.6 Å². The van der Waals surface area contributed by atoms with Gasteiger partial charge in [-0.3, -0.25) is 0 Å². The zero-order chi connectivity index (χ0) is 23.3. The lowest BCUT2D eigenvalue weighted by Gasteiger charge is -2.37. The zero-order valence-electron chi connectivity index (χ0n) is 18.7. The van der Waals surface area contributed by atoms with Crippen LogP contribution >= 0.6 is 0 Å². The van der Waals surface area contributed by atoms with Crippen molar-refractivity contribution in [2.45, 2.75) is 49.5 Å². The minimum absolute atomic E-state index is 0.225. The number of hydrogen-bond donors (Lipinski definition) is 0. The highest BCUT2D eigenvalue weighted by atomic mass is 32.2. The Labute approximate surface area is 196 Å². The lowest BCUT2D eigenvalue weighted by Crippen LogP contribution is -2.43. The van der Waals surface area contributed by atoms with Crippen molar-refractivity contribution in [1.29, 1.82) is 5.26 Å². The van der Waals surface area contributed by atoms with Crippen molar-refractivity contribution in [3.63, 3.8) is 0 Å². The van der Waals surface area contributed by atoms with Gasteiger partial charge in [0.2, 0.25) is 0 Å². The maximum Gasteiger partial charge on any atom is 0.279 e. The molecule has 0 N–H and O–H groups in total. The van der Waals surface area contributed by atoms with E-state index in [0.717, 1.165) is 28.8 Å². The number of rotatable bonds is 8. The van der Waals surface area contributed by atoms with Gasteiger partial charge in [-0.15, -0.1) is 0 Å². The summed E-state index contributed by atoms with van der Waals surface area (Å²) in [7, 11) is -3.91. The van der Waals surface area contributed by atoms with Crippen LogP contribution in [0.4, 0.5) is 0 Å². The third kappa shape index (κ3) is 4.55. The molecule has 0 bridgehead atoms. The number of benzene rings is 3. The minimum Gasteiger partial charge on any atom is -0.200 e. The van der Waals surface area contributed by atoms with Crippen molar-refractivity contribution in [2.75, 3.05) is 0 Å². The lowest BCUT2D eigenvalue weighted by atomic mass is 9.81. The van der Waals surface area contributed by atoms with Gasteiger partial charge in [0.1, 0.15) is 5.54 Å². The maximum absolute atomic E-state index is 14.0. The first-order chi connectivity index (χ1) is 16.0. The van der Waals surface area contributed by atoms with E-state index in [0.29, 0.717) is 25.7 Å². The summed E-state index contributed by atoms with van der Waals surface area (Å²) in [5.74, 6) is 0. The summed E-state index contributed by atoms with van der Waals surface area (Å²) in [4.78, 5) is 0.225. The molecule has 3 aromatic rings. The summed E-state index contributed by atoms with van der Waals surface area (Å²) < 4.78 is 29.3. The highest BCUT2D eigenvalue weighted by Gasteiger charge is 2.49. The molecule has 168 valence electrons. The number of unbranched alkanes of at least 4 members (excludes halogenated alkanes) is 2. The fourth-order valence-corrected chi connectivity index (χ4v) is 5.99. The van der Waals surface area contributed by atoms with Crippen molar-refractivity contribution >= 4 is 15.7 Å². The molecule has 33 heavy (non-hydrogen) atoms. The topological polar surface area (TPSA) is 73.5 Å². The Kier molecular flexibility index (Phi) is 6.62. The third-order valence-electron chi connectivity index (χ3n) is 6.13. The summed E-state index contributed by atoms with van der Waals surface area (Å²) in [6, 6.07) is 28.6. The molecule has 5 nitrogen and oxygen atoms in total. The van der Waals surface area contributed by atoms with E-state index < -0.39 is 15.6 Å². The first-order valence-electron chi connectivity index (χ1n) is 11.1. The molecule has 0 saturated carbocycles. The predicted molar refractivity (Wildman–Crippen MR) is 130 cm³/mol. The summed E-state index contributed by atoms with van der Waals surface area (Å²) in [5, 5.41) is 13.8. The van der Waals surface area contributed by atoms with Gasteiger partial charge in [-0.05, 0) is 49.4 Å². The van der Waals surface area contributed by atoms with Gasteiger partial charge in [0.05, 0.1) is 16.7 Å². The van der Waals surface area contributed by atoms with Crippen LogP contribution in [0.1, 0.15) is 48.8 Å². The maximum atomic E-state index is 14.0. The van der Waals surface area contributed by atoms with Crippen molar-refractivity contribution in [3.05, 3.63) is 102 Å². The van der Waals surface area contributed by atoms with Gasteiger partial charge in [0.15, 0.2) is 0 Å². The Hall–Kier alpha value is -3.43. The quantitative estimate of drug-likeness (QED) is 0.403. The van der Waals surface area contributed by atoms with E-state index >= 15 is 0 Å². The second-order valence-electron chi connectivity index (χ2n) is 8.41. The lowest BCUT2D eigenvalue weighted by molar-refractivity contribution is 0.201. The van der Waals surface area contributed by atoms with Crippen molar-refractivity contribution < 1.29 is 8.42 Å². The predicted octanol–water partition coefficient (Wildman–Crippen LogP) is 5.77. The van der Waals surface area contributed by atoms with Crippen LogP contribution in [0.5, 0.6) is 0 Å². The molecule has 3 aromatic carbocycles. The standard InChI is InChI=1S/C27H27N3O2S/c1-22-15-17-25(18-16-22)33(31,32)30-27(19-9-4-10-20-28,24-13-7-3-8-14-24)21-26(29-30)23-11-5-2-6-12-23/h2-3,5-8,11-18H,4,9-10,19,21H2,1H3. The molecule has 0 aliphatic carbocycles. The molecule has 0 spiro atoms. The fraction of sp³-hybridized carbons (Fsp3) is 0.259. The SMILES string of the molecule is Cc1ccc(S(=O)(=O)N2N=C(c3ccccc3)CC2(CCCCC#N)c2ccccc2)cc1. The number of sulfonamides is 1. The third-order valence-corrected chi connectivity index (χ3v) is 7.89. The number of aryl methyl sites for hydroxylation is 1. The number of hydrogen-bond acceptors (Lipinski definition) is 4. The van der Waals surface area contributed by atoms with E-state index in [1.807, 2.05) is 79.7 Å². The zero-order valence-corrected chi connectivity index (χ0v) is 19.5. The Morgan fingerprint density at radius 3 is 2.21 bits per heavy atom. The Morgan fingerprint density at radius 1 is 0.939 bits per heavy atom. The summed E-state index contributed by atoms with van der Waals surface area (Å²) in [5.41, 5.74) is 2.71. The van der Waals surface area contributed by atoms with E-state index in [4.69, 9.17) is 10.4 Å². The fourth-order valence-electron chi connectivity index (χ4n) is 4.38. The Morgan fingerprint density at radius 2 is 1.58 bits per heavy atom. The van der Waals surface area contributed by atoms with Crippen LogP contribution < -0.4 is 0 Å².